The Balaban J connectivity index is 0.00000361. The first kappa shape index (κ1) is 27.3. The van der Waals surface area contributed by atoms with Crippen molar-refractivity contribution in [2.24, 2.45) is 0 Å². The Hall–Kier alpha value is -3.30. The number of hydrogen-bond acceptors (Lipinski definition) is 5. The van der Waals surface area contributed by atoms with Crippen molar-refractivity contribution in [2.45, 2.75) is 39.3 Å². The van der Waals surface area contributed by atoms with Gasteiger partial charge in [-0.3, -0.25) is 4.79 Å². The van der Waals surface area contributed by atoms with Crippen LogP contribution in [0.15, 0.2) is 60.8 Å². The molecule has 0 aliphatic carbocycles. The molecule has 0 saturated carbocycles. The molecule has 4 rings (SSSR count). The van der Waals surface area contributed by atoms with Crippen molar-refractivity contribution in [1.82, 2.24) is 4.98 Å². The number of ether oxygens (including phenoxy) is 2. The van der Waals surface area contributed by atoms with E-state index in [1.54, 1.807) is 25.3 Å². The van der Waals surface area contributed by atoms with Gasteiger partial charge in [-0.25, -0.2) is 4.98 Å². The van der Waals surface area contributed by atoms with Gasteiger partial charge in [0.1, 0.15) is 11.6 Å². The molecule has 2 heterocycles. The number of hydrogen-bond donors (Lipinski definition) is 1. The van der Waals surface area contributed by atoms with E-state index in [4.69, 9.17) is 4.74 Å². The number of rotatable bonds is 5. The van der Waals surface area contributed by atoms with E-state index in [-0.39, 0.29) is 36.3 Å². The van der Waals surface area contributed by atoms with Gasteiger partial charge >= 0.3 is 6.36 Å². The third kappa shape index (κ3) is 6.67. The molecule has 1 N–H and O–H groups in total. The number of carbonyl (C=O) groups is 1. The molecule has 1 aliphatic heterocycles. The summed E-state index contributed by atoms with van der Waals surface area (Å²) in [6, 6.07) is 14.5. The molecule has 36 heavy (non-hydrogen) atoms. The number of morpholine rings is 1. The van der Waals surface area contributed by atoms with Crippen LogP contribution in [0.1, 0.15) is 29.8 Å². The molecule has 2 atom stereocenters. The second-order valence-electron chi connectivity index (χ2n) is 8.57. The zero-order chi connectivity index (χ0) is 25.2. The van der Waals surface area contributed by atoms with Gasteiger partial charge in [-0.2, -0.15) is 0 Å². The van der Waals surface area contributed by atoms with E-state index in [9.17, 15) is 18.0 Å². The summed E-state index contributed by atoms with van der Waals surface area (Å²) in [4.78, 5) is 19.6. The van der Waals surface area contributed by atoms with Crippen LogP contribution in [0.25, 0.3) is 11.1 Å². The van der Waals surface area contributed by atoms with E-state index in [0.29, 0.717) is 22.4 Å². The quantitative estimate of drug-likeness (QED) is 0.430. The van der Waals surface area contributed by atoms with Gasteiger partial charge in [-0.15, -0.1) is 25.6 Å². The first-order chi connectivity index (χ1) is 16.6. The molecule has 1 aromatic heterocycles. The number of anilines is 2. The standard InChI is InChI=1S/C26H26F3N3O3.ClH/c1-16-14-32(15-17(2)34-16)24-12-9-20(13-30-24)31-25(33)23-6-4-5-22(18(23)3)19-7-10-21(11-8-19)35-26(27,28)29;/h4-13,16-17H,14-15H2,1-3H3,(H,31,33);1H. The van der Waals surface area contributed by atoms with Gasteiger partial charge in [-0.05, 0) is 67.8 Å². The molecule has 1 fully saturated rings. The summed E-state index contributed by atoms with van der Waals surface area (Å²) < 4.78 is 46.9. The van der Waals surface area contributed by atoms with Gasteiger partial charge < -0.3 is 19.7 Å². The van der Waals surface area contributed by atoms with Crippen LogP contribution in [0.4, 0.5) is 24.7 Å². The van der Waals surface area contributed by atoms with Gasteiger partial charge in [0.15, 0.2) is 0 Å². The molecule has 0 spiro atoms. The largest absolute Gasteiger partial charge is 0.573 e. The van der Waals surface area contributed by atoms with E-state index >= 15 is 0 Å². The van der Waals surface area contributed by atoms with E-state index in [1.807, 2.05) is 32.0 Å². The van der Waals surface area contributed by atoms with E-state index < -0.39 is 6.36 Å². The van der Waals surface area contributed by atoms with Crippen LogP contribution in [0.5, 0.6) is 5.75 Å². The molecule has 192 valence electrons. The topological polar surface area (TPSA) is 63.7 Å². The van der Waals surface area contributed by atoms with Crippen LogP contribution in [0, 0.1) is 6.92 Å². The van der Waals surface area contributed by atoms with Gasteiger partial charge in [-0.1, -0.05) is 24.3 Å². The summed E-state index contributed by atoms with van der Waals surface area (Å²) in [5.41, 5.74) is 3.13. The predicted molar refractivity (Wildman–Crippen MR) is 135 cm³/mol. The lowest BCUT2D eigenvalue weighted by molar-refractivity contribution is -0.274. The predicted octanol–water partition coefficient (Wildman–Crippen LogP) is 6.24. The molecule has 2 unspecified atom stereocenters. The molecule has 0 radical (unpaired) electrons. The van der Waals surface area contributed by atoms with Crippen molar-refractivity contribution in [2.75, 3.05) is 23.3 Å². The summed E-state index contributed by atoms with van der Waals surface area (Å²) in [6.07, 6.45) is -2.90. The normalized spacial score (nSPS) is 17.8. The summed E-state index contributed by atoms with van der Waals surface area (Å²) >= 11 is 0. The average Bonchev–Trinajstić information content (AvgIpc) is 2.79. The van der Waals surface area contributed by atoms with Crippen LogP contribution in [-0.4, -0.2) is 42.6 Å². The lowest BCUT2D eigenvalue weighted by atomic mass is 9.96. The number of alkyl halides is 3. The van der Waals surface area contributed by atoms with Crippen molar-refractivity contribution < 1.29 is 27.4 Å². The van der Waals surface area contributed by atoms with Gasteiger partial charge in [0, 0.05) is 18.7 Å². The maximum absolute atomic E-state index is 13.0. The number of halogens is 4. The van der Waals surface area contributed by atoms with Gasteiger partial charge in [0.05, 0.1) is 24.1 Å². The Kier molecular flexibility index (Phi) is 8.47. The summed E-state index contributed by atoms with van der Waals surface area (Å²) in [5, 5.41) is 2.87. The molecule has 1 aliphatic rings. The minimum absolute atomic E-state index is 0. The van der Waals surface area contributed by atoms with Crippen LogP contribution in [0.2, 0.25) is 0 Å². The first-order valence-corrected chi connectivity index (χ1v) is 11.2. The molecular formula is C26H27ClF3N3O3. The minimum atomic E-state index is -4.75. The number of aromatic nitrogens is 1. The Morgan fingerprint density at radius 2 is 1.72 bits per heavy atom. The molecule has 0 bridgehead atoms. The SMILES string of the molecule is Cc1c(C(=O)Nc2ccc(N3CC(C)OC(C)C3)nc2)cccc1-c1ccc(OC(F)(F)F)cc1.Cl. The van der Waals surface area contributed by atoms with Crippen molar-refractivity contribution in [3.63, 3.8) is 0 Å². The monoisotopic (exact) mass is 521 g/mol. The van der Waals surface area contributed by atoms with Crippen molar-refractivity contribution in [3.05, 3.63) is 71.9 Å². The number of benzene rings is 2. The zero-order valence-electron chi connectivity index (χ0n) is 20.0. The maximum atomic E-state index is 13.0. The average molecular weight is 522 g/mol. The fourth-order valence-electron chi connectivity index (χ4n) is 4.24. The molecule has 1 saturated heterocycles. The number of nitrogens with one attached hydrogen (secondary N) is 1. The van der Waals surface area contributed by atoms with Crippen LogP contribution >= 0.6 is 12.4 Å². The highest BCUT2D eigenvalue weighted by atomic mass is 35.5. The summed E-state index contributed by atoms with van der Waals surface area (Å²) in [5.74, 6) is 0.218. The second kappa shape index (κ2) is 11.2. The summed E-state index contributed by atoms with van der Waals surface area (Å²) in [7, 11) is 0. The van der Waals surface area contributed by atoms with Crippen LogP contribution in [-0.2, 0) is 4.74 Å². The minimum Gasteiger partial charge on any atom is -0.406 e. The fraction of sp³-hybridized carbons (Fsp3) is 0.308. The summed E-state index contributed by atoms with van der Waals surface area (Å²) in [6.45, 7) is 7.35. The van der Waals surface area contributed by atoms with Crippen LogP contribution < -0.4 is 15.0 Å². The Morgan fingerprint density at radius 1 is 1.06 bits per heavy atom. The second-order valence-corrected chi connectivity index (χ2v) is 8.57. The smallest absolute Gasteiger partial charge is 0.406 e. The Morgan fingerprint density at radius 3 is 2.31 bits per heavy atom. The maximum Gasteiger partial charge on any atom is 0.573 e. The zero-order valence-corrected chi connectivity index (χ0v) is 20.8. The van der Waals surface area contributed by atoms with Crippen molar-refractivity contribution >= 4 is 29.8 Å². The number of amides is 1. The van der Waals surface area contributed by atoms with E-state index in [0.717, 1.165) is 24.5 Å². The Bertz CT molecular complexity index is 1180. The molecule has 3 aromatic rings. The van der Waals surface area contributed by atoms with Gasteiger partial charge in [0.2, 0.25) is 0 Å². The molecule has 6 nitrogen and oxygen atoms in total. The fourth-order valence-corrected chi connectivity index (χ4v) is 4.24. The third-order valence-electron chi connectivity index (χ3n) is 5.73. The van der Waals surface area contributed by atoms with Crippen molar-refractivity contribution in [3.8, 4) is 16.9 Å². The van der Waals surface area contributed by atoms with Crippen LogP contribution in [0.3, 0.4) is 0 Å². The number of carbonyl (C=O) groups excluding carboxylic acids is 1. The molecular weight excluding hydrogens is 495 g/mol. The lowest BCUT2D eigenvalue weighted by Gasteiger charge is -2.36. The van der Waals surface area contributed by atoms with E-state index in [1.165, 1.54) is 24.3 Å². The van der Waals surface area contributed by atoms with E-state index in [2.05, 4.69) is 19.9 Å². The highest BCUT2D eigenvalue weighted by molar-refractivity contribution is 6.06. The molecule has 1 amide bonds. The van der Waals surface area contributed by atoms with Gasteiger partial charge in [0.25, 0.3) is 5.91 Å². The number of nitrogens with zero attached hydrogens (tertiary/aromatic N) is 2. The highest BCUT2D eigenvalue weighted by Crippen LogP contribution is 2.30. The number of pyridine rings is 1. The molecule has 2 aromatic carbocycles. The lowest BCUT2D eigenvalue weighted by Crippen LogP contribution is -2.45. The first-order valence-electron chi connectivity index (χ1n) is 11.2. The third-order valence-corrected chi connectivity index (χ3v) is 5.73. The Labute approximate surface area is 213 Å². The molecule has 10 heteroatoms. The van der Waals surface area contributed by atoms with Crippen molar-refractivity contribution in [1.29, 1.82) is 0 Å². The highest BCUT2D eigenvalue weighted by Gasteiger charge is 2.31.